The lowest BCUT2D eigenvalue weighted by molar-refractivity contribution is 0.0983. The Bertz CT molecular complexity index is 601. The Morgan fingerprint density at radius 3 is 2.68 bits per heavy atom. The van der Waals surface area contributed by atoms with Gasteiger partial charge in [-0.2, -0.15) is 5.26 Å². The molecule has 4 nitrogen and oxygen atoms in total. The van der Waals surface area contributed by atoms with Crippen molar-refractivity contribution in [2.75, 3.05) is 11.4 Å². The minimum Gasteiger partial charge on any atom is -0.356 e. The maximum absolute atomic E-state index is 12.4. The number of carbonyl (C=O) groups excluding carboxylic acids is 1. The number of hydrogen-bond acceptors (Lipinski definition) is 2. The lowest BCUT2D eigenvalue weighted by Crippen LogP contribution is -2.32. The van der Waals surface area contributed by atoms with Crippen LogP contribution in [0.4, 0.5) is 5.69 Å². The molecule has 1 aromatic heterocycles. The number of nitrogens with one attached hydrogen (secondary N) is 1. The molecule has 0 spiro atoms. The molecule has 19 heavy (non-hydrogen) atoms. The average molecular weight is 318 g/mol. The number of anilines is 1. The monoisotopic (exact) mass is 317 g/mol. The zero-order chi connectivity index (χ0) is 13.7. The van der Waals surface area contributed by atoms with Crippen LogP contribution in [-0.4, -0.2) is 17.4 Å². The summed E-state index contributed by atoms with van der Waals surface area (Å²) in [7, 11) is 0. The molecule has 1 heterocycles. The molecule has 0 saturated carbocycles. The maximum atomic E-state index is 12.4. The van der Waals surface area contributed by atoms with Crippen LogP contribution >= 0.6 is 15.9 Å². The second-order valence-electron chi connectivity index (χ2n) is 3.93. The van der Waals surface area contributed by atoms with Gasteiger partial charge in [0.25, 0.3) is 5.91 Å². The molecule has 5 heteroatoms. The van der Waals surface area contributed by atoms with Gasteiger partial charge in [-0.15, -0.1) is 0 Å². The van der Waals surface area contributed by atoms with Gasteiger partial charge in [-0.3, -0.25) is 4.79 Å². The number of nitriles is 1. The summed E-state index contributed by atoms with van der Waals surface area (Å²) in [6.07, 6.45) is 2.00. The SMILES string of the molecule is N#CCCN(C(=O)c1cc(Br)c[nH]1)c1ccccc1. The third-order valence-corrected chi connectivity index (χ3v) is 3.10. The van der Waals surface area contributed by atoms with Gasteiger partial charge in [0.05, 0.1) is 12.5 Å². The number of hydrogen-bond donors (Lipinski definition) is 1. The third-order valence-electron chi connectivity index (χ3n) is 2.64. The molecule has 0 unspecified atom stereocenters. The first-order chi connectivity index (χ1) is 9.22. The predicted molar refractivity (Wildman–Crippen MR) is 76.8 cm³/mol. The van der Waals surface area contributed by atoms with Crippen LogP contribution in [-0.2, 0) is 0 Å². The van der Waals surface area contributed by atoms with E-state index in [0.717, 1.165) is 10.2 Å². The highest BCUT2D eigenvalue weighted by Crippen LogP contribution is 2.18. The summed E-state index contributed by atoms with van der Waals surface area (Å²) in [5, 5.41) is 8.72. The van der Waals surface area contributed by atoms with E-state index < -0.39 is 0 Å². The molecule has 0 aliphatic carbocycles. The second-order valence-corrected chi connectivity index (χ2v) is 4.85. The highest BCUT2D eigenvalue weighted by Gasteiger charge is 2.18. The molecule has 2 aromatic rings. The van der Waals surface area contributed by atoms with Crippen LogP contribution in [0.25, 0.3) is 0 Å². The summed E-state index contributed by atoms with van der Waals surface area (Å²) in [4.78, 5) is 16.9. The molecule has 0 saturated heterocycles. The fraction of sp³-hybridized carbons (Fsp3) is 0.143. The van der Waals surface area contributed by atoms with Crippen molar-refractivity contribution in [3.8, 4) is 6.07 Å². The Hall–Kier alpha value is -2.06. The van der Waals surface area contributed by atoms with Crippen molar-refractivity contribution in [1.29, 1.82) is 5.26 Å². The number of rotatable bonds is 4. The molecule has 96 valence electrons. The number of halogens is 1. The Kier molecular flexibility index (Phi) is 4.37. The lowest BCUT2D eigenvalue weighted by atomic mass is 10.2. The van der Waals surface area contributed by atoms with Crippen molar-refractivity contribution < 1.29 is 4.79 Å². The molecule has 0 atom stereocenters. The smallest absolute Gasteiger partial charge is 0.274 e. The summed E-state index contributed by atoms with van der Waals surface area (Å²) in [6, 6.07) is 13.1. The molecular formula is C14H12BrN3O. The van der Waals surface area contributed by atoms with Gasteiger partial charge in [0.1, 0.15) is 5.69 Å². The number of aromatic amines is 1. The lowest BCUT2D eigenvalue weighted by Gasteiger charge is -2.21. The second kappa shape index (κ2) is 6.21. The van der Waals surface area contributed by atoms with Crippen LogP contribution in [0.1, 0.15) is 16.9 Å². The van der Waals surface area contributed by atoms with Crippen LogP contribution in [0.15, 0.2) is 47.1 Å². The van der Waals surface area contributed by atoms with Crippen LogP contribution in [0.3, 0.4) is 0 Å². The molecule has 0 fully saturated rings. The van der Waals surface area contributed by atoms with Crippen LogP contribution in [0, 0.1) is 11.3 Å². The van der Waals surface area contributed by atoms with Gasteiger partial charge in [-0.25, -0.2) is 0 Å². The number of nitrogens with zero attached hydrogens (tertiary/aromatic N) is 2. The number of amides is 1. The fourth-order valence-electron chi connectivity index (χ4n) is 1.75. The van der Waals surface area contributed by atoms with Gasteiger partial charge in [-0.05, 0) is 34.1 Å². The quantitative estimate of drug-likeness (QED) is 0.940. The van der Waals surface area contributed by atoms with E-state index in [-0.39, 0.29) is 5.91 Å². The normalized spacial score (nSPS) is 9.89. The van der Waals surface area contributed by atoms with E-state index in [1.165, 1.54) is 0 Å². The average Bonchev–Trinajstić information content (AvgIpc) is 2.87. The first-order valence-electron chi connectivity index (χ1n) is 5.80. The van der Waals surface area contributed by atoms with Gasteiger partial charge >= 0.3 is 0 Å². The van der Waals surface area contributed by atoms with E-state index in [4.69, 9.17) is 5.26 Å². The zero-order valence-electron chi connectivity index (χ0n) is 10.1. The standard InChI is InChI=1S/C14H12BrN3O/c15-11-9-13(17-10-11)14(19)18(8-4-7-16)12-5-2-1-3-6-12/h1-3,5-6,9-10,17H,4,8H2. The minimum atomic E-state index is -0.146. The van der Waals surface area contributed by atoms with Crippen molar-refractivity contribution in [3.05, 3.63) is 52.8 Å². The van der Waals surface area contributed by atoms with Crippen molar-refractivity contribution in [2.45, 2.75) is 6.42 Å². The van der Waals surface area contributed by atoms with Gasteiger partial charge < -0.3 is 9.88 Å². The zero-order valence-corrected chi connectivity index (χ0v) is 11.7. The van der Waals surface area contributed by atoms with Crippen molar-refractivity contribution >= 4 is 27.5 Å². The Morgan fingerprint density at radius 2 is 2.11 bits per heavy atom. The van der Waals surface area contributed by atoms with Gasteiger partial charge in [0.15, 0.2) is 0 Å². The first-order valence-corrected chi connectivity index (χ1v) is 6.59. The molecule has 1 aromatic carbocycles. The molecule has 1 N–H and O–H groups in total. The van der Waals surface area contributed by atoms with Crippen molar-refractivity contribution in [1.82, 2.24) is 4.98 Å². The molecule has 0 aliphatic rings. The number of H-pyrrole nitrogens is 1. The maximum Gasteiger partial charge on any atom is 0.274 e. The van der Waals surface area contributed by atoms with E-state index in [1.54, 1.807) is 17.2 Å². The number of benzene rings is 1. The molecule has 1 amide bonds. The molecule has 2 rings (SSSR count). The summed E-state index contributed by atoms with van der Waals surface area (Å²) in [5.74, 6) is -0.146. The fourth-order valence-corrected chi connectivity index (χ4v) is 2.10. The van der Waals surface area contributed by atoms with E-state index >= 15 is 0 Å². The number of aromatic nitrogens is 1. The summed E-state index contributed by atoms with van der Waals surface area (Å²) < 4.78 is 0.823. The van der Waals surface area contributed by atoms with Gasteiger partial charge in [-0.1, -0.05) is 18.2 Å². The highest BCUT2D eigenvalue weighted by atomic mass is 79.9. The van der Waals surface area contributed by atoms with E-state index in [2.05, 4.69) is 27.0 Å². The first kappa shape index (κ1) is 13.4. The summed E-state index contributed by atoms with van der Waals surface area (Å²) in [5.41, 5.74) is 1.28. The van der Waals surface area contributed by atoms with E-state index in [0.29, 0.717) is 18.7 Å². The van der Waals surface area contributed by atoms with Crippen LogP contribution < -0.4 is 4.90 Å². The van der Waals surface area contributed by atoms with Crippen molar-refractivity contribution in [3.63, 3.8) is 0 Å². The highest BCUT2D eigenvalue weighted by molar-refractivity contribution is 9.10. The van der Waals surface area contributed by atoms with Crippen LogP contribution in [0.2, 0.25) is 0 Å². The van der Waals surface area contributed by atoms with E-state index in [1.807, 2.05) is 30.3 Å². The Labute approximate surface area is 119 Å². The largest absolute Gasteiger partial charge is 0.356 e. The predicted octanol–water partition coefficient (Wildman–Crippen LogP) is 3.34. The molecule has 0 bridgehead atoms. The summed E-state index contributed by atoms with van der Waals surface area (Å²) in [6.45, 7) is 0.371. The Morgan fingerprint density at radius 1 is 1.37 bits per heavy atom. The molecule has 0 radical (unpaired) electrons. The minimum absolute atomic E-state index is 0.146. The third kappa shape index (κ3) is 3.24. The number of carbonyl (C=O) groups is 1. The van der Waals surface area contributed by atoms with Crippen molar-refractivity contribution in [2.24, 2.45) is 0 Å². The van der Waals surface area contributed by atoms with Crippen LogP contribution in [0.5, 0.6) is 0 Å². The molecular weight excluding hydrogens is 306 g/mol. The van der Waals surface area contributed by atoms with E-state index in [9.17, 15) is 4.79 Å². The van der Waals surface area contributed by atoms with Gasteiger partial charge in [0.2, 0.25) is 0 Å². The van der Waals surface area contributed by atoms with Gasteiger partial charge in [0, 0.05) is 22.9 Å². The Balaban J connectivity index is 2.28. The topological polar surface area (TPSA) is 59.9 Å². The molecule has 0 aliphatic heterocycles. The summed E-state index contributed by atoms with van der Waals surface area (Å²) >= 11 is 3.30. The number of para-hydroxylation sites is 1.